The van der Waals surface area contributed by atoms with Crippen molar-refractivity contribution in [2.75, 3.05) is 25.6 Å². The van der Waals surface area contributed by atoms with Crippen molar-refractivity contribution in [1.29, 1.82) is 0 Å². The summed E-state index contributed by atoms with van der Waals surface area (Å²) in [5.74, 6) is 1.72. The topological polar surface area (TPSA) is 56.8 Å². The Balaban J connectivity index is 1.79. The zero-order chi connectivity index (χ0) is 18.6. The van der Waals surface area contributed by atoms with Crippen LogP contribution in [0.1, 0.15) is 32.6 Å². The molecule has 0 saturated carbocycles. The minimum absolute atomic E-state index is 0.0853. The first kappa shape index (κ1) is 19.6. The third-order valence-electron chi connectivity index (χ3n) is 3.82. The van der Waals surface area contributed by atoms with Crippen LogP contribution >= 0.6 is 0 Å². The second kappa shape index (κ2) is 11.0. The molecule has 2 aromatic carbocycles. The fourth-order valence-corrected chi connectivity index (χ4v) is 2.46. The van der Waals surface area contributed by atoms with E-state index in [-0.39, 0.29) is 12.5 Å². The van der Waals surface area contributed by atoms with Crippen LogP contribution in [-0.4, -0.2) is 26.2 Å². The number of anilines is 1. The van der Waals surface area contributed by atoms with E-state index < -0.39 is 0 Å². The first-order valence-corrected chi connectivity index (χ1v) is 9.01. The zero-order valence-corrected chi connectivity index (χ0v) is 15.5. The molecule has 0 aliphatic rings. The van der Waals surface area contributed by atoms with Gasteiger partial charge in [0.25, 0.3) is 5.91 Å². The molecule has 0 fully saturated rings. The predicted molar refractivity (Wildman–Crippen MR) is 103 cm³/mol. The molecule has 0 spiro atoms. The van der Waals surface area contributed by atoms with Crippen LogP contribution in [0, 0.1) is 0 Å². The largest absolute Gasteiger partial charge is 0.495 e. The molecule has 1 amide bonds. The van der Waals surface area contributed by atoms with E-state index in [9.17, 15) is 4.79 Å². The maximum atomic E-state index is 12.1. The Hall–Kier alpha value is -2.69. The molecule has 1 N–H and O–H groups in total. The maximum Gasteiger partial charge on any atom is 0.262 e. The van der Waals surface area contributed by atoms with Crippen LogP contribution in [0.2, 0.25) is 0 Å². The molecule has 0 aliphatic heterocycles. The van der Waals surface area contributed by atoms with Gasteiger partial charge in [-0.25, -0.2) is 0 Å². The molecule has 0 saturated heterocycles. The number of hydrogen-bond donors (Lipinski definition) is 1. The molecule has 26 heavy (non-hydrogen) atoms. The third kappa shape index (κ3) is 6.67. The van der Waals surface area contributed by atoms with Crippen LogP contribution in [0.4, 0.5) is 5.69 Å². The van der Waals surface area contributed by atoms with E-state index in [4.69, 9.17) is 14.2 Å². The lowest BCUT2D eigenvalue weighted by Crippen LogP contribution is -2.20. The SMILES string of the molecule is CCCCCCOc1cccc(OCC(=O)Nc2ccccc2OC)c1. The predicted octanol–water partition coefficient (Wildman–Crippen LogP) is 4.67. The molecule has 0 aliphatic carbocycles. The molecule has 2 aromatic rings. The van der Waals surface area contributed by atoms with Gasteiger partial charge in [0.1, 0.15) is 17.2 Å². The van der Waals surface area contributed by atoms with E-state index in [0.717, 1.165) is 12.2 Å². The molecule has 140 valence electrons. The molecule has 2 rings (SSSR count). The maximum absolute atomic E-state index is 12.1. The highest BCUT2D eigenvalue weighted by Crippen LogP contribution is 2.23. The average molecular weight is 357 g/mol. The van der Waals surface area contributed by atoms with Gasteiger partial charge < -0.3 is 19.5 Å². The van der Waals surface area contributed by atoms with Crippen molar-refractivity contribution in [3.8, 4) is 17.2 Å². The van der Waals surface area contributed by atoms with E-state index in [0.29, 0.717) is 23.8 Å². The van der Waals surface area contributed by atoms with Gasteiger partial charge in [-0.1, -0.05) is 44.4 Å². The molecule has 0 unspecified atom stereocenters. The summed E-state index contributed by atoms with van der Waals surface area (Å²) in [5.41, 5.74) is 0.618. The zero-order valence-electron chi connectivity index (χ0n) is 15.5. The Kier molecular flexibility index (Phi) is 8.33. The van der Waals surface area contributed by atoms with Gasteiger partial charge in [0.15, 0.2) is 6.61 Å². The fourth-order valence-electron chi connectivity index (χ4n) is 2.46. The average Bonchev–Trinajstić information content (AvgIpc) is 2.67. The molecule has 0 radical (unpaired) electrons. The number of benzene rings is 2. The van der Waals surface area contributed by atoms with Crippen LogP contribution in [0.5, 0.6) is 17.2 Å². The number of carbonyl (C=O) groups is 1. The Morgan fingerprint density at radius 3 is 2.50 bits per heavy atom. The fraction of sp³-hybridized carbons (Fsp3) is 0.381. The lowest BCUT2D eigenvalue weighted by Gasteiger charge is -2.11. The third-order valence-corrected chi connectivity index (χ3v) is 3.82. The number of rotatable bonds is 11. The van der Waals surface area contributed by atoms with Crippen LogP contribution in [0.25, 0.3) is 0 Å². The second-order valence-electron chi connectivity index (χ2n) is 5.92. The minimum Gasteiger partial charge on any atom is -0.495 e. The molecule has 0 aromatic heterocycles. The summed E-state index contributed by atoms with van der Waals surface area (Å²) < 4.78 is 16.5. The number of methoxy groups -OCH3 is 1. The highest BCUT2D eigenvalue weighted by molar-refractivity contribution is 5.93. The summed E-state index contributed by atoms with van der Waals surface area (Å²) in [5, 5.41) is 2.78. The quantitative estimate of drug-likeness (QED) is 0.594. The highest BCUT2D eigenvalue weighted by Gasteiger charge is 2.08. The lowest BCUT2D eigenvalue weighted by molar-refractivity contribution is -0.118. The number of ether oxygens (including phenoxy) is 3. The van der Waals surface area contributed by atoms with Crippen molar-refractivity contribution in [2.24, 2.45) is 0 Å². The van der Waals surface area contributed by atoms with Crippen molar-refractivity contribution >= 4 is 11.6 Å². The Labute approximate surface area is 155 Å². The van der Waals surface area contributed by atoms with Crippen molar-refractivity contribution in [1.82, 2.24) is 0 Å². The van der Waals surface area contributed by atoms with Crippen molar-refractivity contribution in [3.05, 3.63) is 48.5 Å². The molecule has 0 atom stereocenters. The summed E-state index contributed by atoms with van der Waals surface area (Å²) in [6.45, 7) is 2.79. The highest BCUT2D eigenvalue weighted by atomic mass is 16.5. The normalized spacial score (nSPS) is 10.2. The van der Waals surface area contributed by atoms with Gasteiger partial charge in [-0.3, -0.25) is 4.79 Å². The van der Waals surface area contributed by atoms with E-state index in [1.165, 1.54) is 19.3 Å². The van der Waals surface area contributed by atoms with E-state index in [1.807, 2.05) is 24.3 Å². The summed E-state index contributed by atoms with van der Waals surface area (Å²) in [7, 11) is 1.56. The molecule has 5 nitrogen and oxygen atoms in total. The van der Waals surface area contributed by atoms with Crippen LogP contribution in [0.3, 0.4) is 0 Å². The van der Waals surface area contributed by atoms with Gasteiger partial charge in [-0.15, -0.1) is 0 Å². The monoisotopic (exact) mass is 357 g/mol. The second-order valence-corrected chi connectivity index (χ2v) is 5.92. The number of amides is 1. The summed E-state index contributed by atoms with van der Waals surface area (Å²) in [4.78, 5) is 12.1. The van der Waals surface area contributed by atoms with Gasteiger partial charge >= 0.3 is 0 Å². The van der Waals surface area contributed by atoms with Gasteiger partial charge in [0.05, 0.1) is 19.4 Å². The van der Waals surface area contributed by atoms with E-state index in [1.54, 1.807) is 31.4 Å². The molecular weight excluding hydrogens is 330 g/mol. The molecule has 5 heteroatoms. The van der Waals surface area contributed by atoms with Gasteiger partial charge in [-0.2, -0.15) is 0 Å². The minimum atomic E-state index is -0.250. The Morgan fingerprint density at radius 1 is 0.962 bits per heavy atom. The van der Waals surface area contributed by atoms with Gasteiger partial charge in [0, 0.05) is 6.07 Å². The summed E-state index contributed by atoms with van der Waals surface area (Å²) >= 11 is 0. The lowest BCUT2D eigenvalue weighted by atomic mass is 10.2. The molecule has 0 heterocycles. The number of unbranched alkanes of at least 4 members (excludes halogenated alkanes) is 3. The Morgan fingerprint density at radius 2 is 1.73 bits per heavy atom. The van der Waals surface area contributed by atoms with Crippen LogP contribution < -0.4 is 19.5 Å². The smallest absolute Gasteiger partial charge is 0.262 e. The van der Waals surface area contributed by atoms with Crippen molar-refractivity contribution in [3.63, 3.8) is 0 Å². The Bertz CT molecular complexity index is 687. The summed E-state index contributed by atoms with van der Waals surface area (Å²) in [6, 6.07) is 14.6. The molecular formula is C21H27NO4. The summed E-state index contributed by atoms with van der Waals surface area (Å²) in [6.07, 6.45) is 4.66. The van der Waals surface area contributed by atoms with Crippen LogP contribution in [0.15, 0.2) is 48.5 Å². The van der Waals surface area contributed by atoms with Crippen LogP contribution in [-0.2, 0) is 4.79 Å². The van der Waals surface area contributed by atoms with Gasteiger partial charge in [0.2, 0.25) is 0 Å². The van der Waals surface area contributed by atoms with E-state index in [2.05, 4.69) is 12.2 Å². The van der Waals surface area contributed by atoms with Crippen molar-refractivity contribution in [2.45, 2.75) is 32.6 Å². The van der Waals surface area contributed by atoms with Gasteiger partial charge in [-0.05, 0) is 30.7 Å². The first-order valence-electron chi connectivity index (χ1n) is 9.01. The number of carbonyl (C=O) groups excluding carboxylic acids is 1. The number of hydrogen-bond acceptors (Lipinski definition) is 4. The standard InChI is InChI=1S/C21H27NO4/c1-3-4-5-8-14-25-17-10-9-11-18(15-17)26-16-21(23)22-19-12-6-7-13-20(19)24-2/h6-7,9-13,15H,3-5,8,14,16H2,1-2H3,(H,22,23). The first-order chi connectivity index (χ1) is 12.7. The molecule has 0 bridgehead atoms. The number of nitrogens with one attached hydrogen (secondary N) is 1. The number of para-hydroxylation sites is 2. The van der Waals surface area contributed by atoms with Crippen molar-refractivity contribution < 1.29 is 19.0 Å². The van der Waals surface area contributed by atoms with E-state index >= 15 is 0 Å².